The van der Waals surface area contributed by atoms with Gasteiger partial charge in [-0.3, -0.25) is 9.59 Å². The zero-order valence-electron chi connectivity index (χ0n) is 12.8. The van der Waals surface area contributed by atoms with E-state index in [2.05, 4.69) is 21.2 Å². The molecule has 0 unspecified atom stereocenters. The molecule has 1 amide bonds. The lowest BCUT2D eigenvalue weighted by Gasteiger charge is -2.08. The number of carbonyl (C=O) groups excluding carboxylic acids is 2. The van der Waals surface area contributed by atoms with E-state index in [4.69, 9.17) is 4.74 Å². The quantitative estimate of drug-likeness (QED) is 0.784. The van der Waals surface area contributed by atoms with E-state index in [0.29, 0.717) is 5.56 Å². The van der Waals surface area contributed by atoms with Crippen LogP contribution in [0, 0.1) is 6.92 Å². The van der Waals surface area contributed by atoms with Crippen molar-refractivity contribution in [3.8, 4) is 0 Å². The van der Waals surface area contributed by atoms with Crippen LogP contribution in [0.3, 0.4) is 0 Å². The summed E-state index contributed by atoms with van der Waals surface area (Å²) in [5.41, 5.74) is 2.63. The van der Waals surface area contributed by atoms with Gasteiger partial charge in [0.1, 0.15) is 6.61 Å². The lowest BCUT2D eigenvalue weighted by molar-refractivity contribution is -0.144. The van der Waals surface area contributed by atoms with Crippen molar-refractivity contribution in [2.24, 2.45) is 0 Å². The van der Waals surface area contributed by atoms with Gasteiger partial charge in [0, 0.05) is 16.6 Å². The number of halogens is 1. The minimum absolute atomic E-state index is 0.147. The number of hydrogen-bond acceptors (Lipinski definition) is 3. The van der Waals surface area contributed by atoms with E-state index in [1.54, 1.807) is 24.3 Å². The number of hydrogen-bond donors (Lipinski definition) is 1. The van der Waals surface area contributed by atoms with E-state index < -0.39 is 0 Å². The molecular weight excluding hydrogens is 358 g/mol. The molecule has 120 valence electrons. The predicted octanol–water partition coefficient (Wildman–Crippen LogP) is 3.62. The first-order chi connectivity index (χ1) is 11.1. The Morgan fingerprint density at radius 3 is 2.48 bits per heavy atom. The first-order valence-corrected chi connectivity index (χ1v) is 8.09. The van der Waals surface area contributed by atoms with Crippen LogP contribution in [0.5, 0.6) is 0 Å². The Balaban J connectivity index is 1.71. The third-order valence-electron chi connectivity index (χ3n) is 3.37. The molecule has 23 heavy (non-hydrogen) atoms. The summed E-state index contributed by atoms with van der Waals surface area (Å²) in [6.45, 7) is 2.48. The van der Waals surface area contributed by atoms with Gasteiger partial charge in [-0.15, -0.1) is 0 Å². The highest BCUT2D eigenvalue weighted by Crippen LogP contribution is 2.10. The van der Waals surface area contributed by atoms with Gasteiger partial charge in [0.15, 0.2) is 0 Å². The standard InChI is InChI=1S/C18H18BrNO3/c1-13-4-2-3-5-15(13)12-23-17(21)10-11-20-18(22)14-6-8-16(19)9-7-14/h2-9H,10-12H2,1H3,(H,20,22). The number of amides is 1. The van der Waals surface area contributed by atoms with Gasteiger partial charge in [0.2, 0.25) is 0 Å². The average Bonchev–Trinajstić information content (AvgIpc) is 2.54. The Kier molecular flexibility index (Phi) is 6.35. The van der Waals surface area contributed by atoms with Crippen molar-refractivity contribution in [1.82, 2.24) is 5.32 Å². The van der Waals surface area contributed by atoms with Crippen LogP contribution in [0.15, 0.2) is 53.0 Å². The number of ether oxygens (including phenoxy) is 1. The SMILES string of the molecule is Cc1ccccc1COC(=O)CCNC(=O)c1ccc(Br)cc1. The third kappa shape index (κ3) is 5.53. The second kappa shape index (κ2) is 8.48. The summed E-state index contributed by atoms with van der Waals surface area (Å²) in [5, 5.41) is 2.70. The Bertz CT molecular complexity index is 683. The summed E-state index contributed by atoms with van der Waals surface area (Å²) in [7, 11) is 0. The van der Waals surface area contributed by atoms with E-state index in [1.165, 1.54) is 0 Å². The summed E-state index contributed by atoms with van der Waals surface area (Å²) >= 11 is 3.31. The van der Waals surface area contributed by atoms with Crippen molar-refractivity contribution < 1.29 is 14.3 Å². The minimum atomic E-state index is -0.329. The molecule has 1 N–H and O–H groups in total. The fourth-order valence-electron chi connectivity index (χ4n) is 1.98. The second-order valence-corrected chi connectivity index (χ2v) is 6.02. The van der Waals surface area contributed by atoms with Gasteiger partial charge in [-0.2, -0.15) is 0 Å². The molecule has 2 aromatic carbocycles. The Hall–Kier alpha value is -2.14. The molecule has 0 saturated carbocycles. The Morgan fingerprint density at radius 1 is 1.09 bits per heavy atom. The summed E-state index contributed by atoms with van der Waals surface area (Å²) in [5.74, 6) is -0.534. The molecule has 2 aromatic rings. The zero-order chi connectivity index (χ0) is 16.7. The summed E-state index contributed by atoms with van der Waals surface area (Å²) in [4.78, 5) is 23.6. The van der Waals surface area contributed by atoms with E-state index in [1.807, 2.05) is 31.2 Å². The molecule has 0 aliphatic heterocycles. The summed E-state index contributed by atoms with van der Waals surface area (Å²) in [6, 6.07) is 14.8. The van der Waals surface area contributed by atoms with E-state index in [9.17, 15) is 9.59 Å². The molecule has 4 nitrogen and oxygen atoms in total. The number of esters is 1. The van der Waals surface area contributed by atoms with Crippen molar-refractivity contribution in [1.29, 1.82) is 0 Å². The van der Waals surface area contributed by atoms with Crippen molar-refractivity contribution in [3.05, 3.63) is 69.7 Å². The maximum atomic E-state index is 11.9. The third-order valence-corrected chi connectivity index (χ3v) is 3.90. The van der Waals surface area contributed by atoms with Crippen LogP contribution in [0.4, 0.5) is 0 Å². The van der Waals surface area contributed by atoms with Gasteiger partial charge in [-0.1, -0.05) is 40.2 Å². The van der Waals surface area contributed by atoms with Gasteiger partial charge in [-0.25, -0.2) is 0 Å². The van der Waals surface area contributed by atoms with Crippen molar-refractivity contribution in [2.45, 2.75) is 20.0 Å². The molecule has 0 aliphatic carbocycles. The number of benzene rings is 2. The van der Waals surface area contributed by atoms with Crippen LogP contribution in [-0.4, -0.2) is 18.4 Å². The molecule has 0 radical (unpaired) electrons. The lowest BCUT2D eigenvalue weighted by atomic mass is 10.1. The predicted molar refractivity (Wildman–Crippen MR) is 92.1 cm³/mol. The maximum absolute atomic E-state index is 11.9. The van der Waals surface area contributed by atoms with Crippen molar-refractivity contribution in [2.75, 3.05) is 6.54 Å². The van der Waals surface area contributed by atoms with E-state index in [0.717, 1.165) is 15.6 Å². The average molecular weight is 376 g/mol. The Labute approximate surface area is 144 Å². The molecule has 0 heterocycles. The van der Waals surface area contributed by atoms with Crippen LogP contribution in [-0.2, 0) is 16.1 Å². The maximum Gasteiger partial charge on any atom is 0.307 e. The van der Waals surface area contributed by atoms with Crippen LogP contribution >= 0.6 is 15.9 Å². The molecule has 0 fully saturated rings. The van der Waals surface area contributed by atoms with Gasteiger partial charge in [0.05, 0.1) is 6.42 Å². The monoisotopic (exact) mass is 375 g/mol. The van der Waals surface area contributed by atoms with Crippen LogP contribution in [0.25, 0.3) is 0 Å². The van der Waals surface area contributed by atoms with Gasteiger partial charge >= 0.3 is 5.97 Å². The van der Waals surface area contributed by atoms with E-state index in [-0.39, 0.29) is 31.4 Å². The zero-order valence-corrected chi connectivity index (χ0v) is 14.4. The summed E-state index contributed by atoms with van der Waals surface area (Å²) < 4.78 is 6.13. The molecule has 0 saturated heterocycles. The Morgan fingerprint density at radius 2 is 1.78 bits per heavy atom. The molecule has 0 aromatic heterocycles. The largest absolute Gasteiger partial charge is 0.461 e. The molecular formula is C18H18BrNO3. The van der Waals surface area contributed by atoms with Gasteiger partial charge < -0.3 is 10.1 Å². The highest BCUT2D eigenvalue weighted by Gasteiger charge is 2.08. The number of rotatable bonds is 6. The second-order valence-electron chi connectivity index (χ2n) is 5.10. The van der Waals surface area contributed by atoms with Crippen LogP contribution in [0.1, 0.15) is 27.9 Å². The first-order valence-electron chi connectivity index (χ1n) is 7.30. The topological polar surface area (TPSA) is 55.4 Å². The summed E-state index contributed by atoms with van der Waals surface area (Å²) in [6.07, 6.45) is 0.147. The molecule has 0 spiro atoms. The van der Waals surface area contributed by atoms with E-state index >= 15 is 0 Å². The lowest BCUT2D eigenvalue weighted by Crippen LogP contribution is -2.26. The minimum Gasteiger partial charge on any atom is -0.461 e. The normalized spacial score (nSPS) is 10.2. The smallest absolute Gasteiger partial charge is 0.307 e. The first kappa shape index (κ1) is 17.2. The molecule has 5 heteroatoms. The fourth-order valence-corrected chi connectivity index (χ4v) is 2.25. The highest BCUT2D eigenvalue weighted by atomic mass is 79.9. The number of nitrogens with one attached hydrogen (secondary N) is 1. The van der Waals surface area contributed by atoms with Crippen molar-refractivity contribution >= 4 is 27.8 Å². The molecule has 0 atom stereocenters. The molecule has 2 rings (SSSR count). The number of aryl methyl sites for hydroxylation is 1. The van der Waals surface area contributed by atoms with Crippen LogP contribution < -0.4 is 5.32 Å². The van der Waals surface area contributed by atoms with Gasteiger partial charge in [-0.05, 0) is 42.3 Å². The van der Waals surface area contributed by atoms with Crippen molar-refractivity contribution in [3.63, 3.8) is 0 Å². The fraction of sp³-hybridized carbons (Fsp3) is 0.222. The highest BCUT2D eigenvalue weighted by molar-refractivity contribution is 9.10. The molecule has 0 bridgehead atoms. The number of carbonyl (C=O) groups is 2. The van der Waals surface area contributed by atoms with Gasteiger partial charge in [0.25, 0.3) is 5.91 Å². The molecule has 0 aliphatic rings. The van der Waals surface area contributed by atoms with Crippen LogP contribution in [0.2, 0.25) is 0 Å².